The van der Waals surface area contributed by atoms with Gasteiger partial charge in [-0.2, -0.15) is 0 Å². The second-order valence-corrected chi connectivity index (χ2v) is 4.26. The maximum Gasteiger partial charge on any atom is 0.196 e. The molecule has 1 aromatic rings. The molecule has 0 atom stereocenters. The number of nitrogens with zero attached hydrogens (tertiary/aromatic N) is 3. The topological polar surface area (TPSA) is 18.8 Å². The molecule has 3 nitrogen and oxygen atoms in total. The minimum absolute atomic E-state index is 0.869. The molecule has 16 heavy (non-hydrogen) atoms. The van der Waals surface area contributed by atoms with Gasteiger partial charge in [-0.15, -0.1) is 0 Å². The minimum atomic E-state index is 0.869. The number of likely N-dealkylation sites (N-methyl/N-ethyl adjacent to an activating group) is 2. The van der Waals surface area contributed by atoms with Crippen LogP contribution < -0.4 is 0 Å². The fraction of sp³-hybridized carbons (Fsp3) is 0.462. The Bertz CT molecular complexity index is 347. The van der Waals surface area contributed by atoms with E-state index in [0.717, 1.165) is 32.0 Å². The number of rotatable bonds is 3. The fourth-order valence-corrected chi connectivity index (χ4v) is 1.96. The second-order valence-electron chi connectivity index (χ2n) is 4.26. The van der Waals surface area contributed by atoms with E-state index in [2.05, 4.69) is 53.2 Å². The van der Waals surface area contributed by atoms with Crippen molar-refractivity contribution in [1.82, 2.24) is 9.80 Å². The summed E-state index contributed by atoms with van der Waals surface area (Å²) in [6.45, 7) is 3.04. The monoisotopic (exact) mass is 217 g/mol. The van der Waals surface area contributed by atoms with Gasteiger partial charge in [0, 0.05) is 33.7 Å². The van der Waals surface area contributed by atoms with Gasteiger partial charge in [0.2, 0.25) is 0 Å². The van der Waals surface area contributed by atoms with Crippen molar-refractivity contribution in [2.45, 2.75) is 6.42 Å². The summed E-state index contributed by atoms with van der Waals surface area (Å²) < 4.78 is 0. The maximum absolute atomic E-state index is 4.65. The van der Waals surface area contributed by atoms with Crippen LogP contribution in [0.25, 0.3) is 0 Å². The van der Waals surface area contributed by atoms with Gasteiger partial charge in [-0.05, 0) is 12.0 Å². The zero-order valence-corrected chi connectivity index (χ0v) is 10.1. The lowest BCUT2D eigenvalue weighted by Gasteiger charge is -2.15. The van der Waals surface area contributed by atoms with Crippen LogP contribution in [0, 0.1) is 0 Å². The van der Waals surface area contributed by atoms with Gasteiger partial charge in [0.25, 0.3) is 0 Å². The highest BCUT2D eigenvalue weighted by Crippen LogP contribution is 2.05. The summed E-state index contributed by atoms with van der Waals surface area (Å²) in [6, 6.07) is 10.5. The van der Waals surface area contributed by atoms with E-state index < -0.39 is 0 Å². The van der Waals surface area contributed by atoms with Crippen LogP contribution in [0.1, 0.15) is 5.56 Å². The van der Waals surface area contributed by atoms with E-state index in [1.54, 1.807) is 0 Å². The molecule has 3 heteroatoms. The zero-order valence-electron chi connectivity index (χ0n) is 10.1. The predicted octanol–water partition coefficient (Wildman–Crippen LogP) is 1.46. The molecule has 0 spiro atoms. The summed E-state index contributed by atoms with van der Waals surface area (Å²) in [5.74, 6) is 1.12. The van der Waals surface area contributed by atoms with Crippen molar-refractivity contribution in [3.63, 3.8) is 0 Å². The standard InChI is InChI=1S/C13H19N3/c1-15-10-11-16(2)13(15)14-9-8-12-6-4-3-5-7-12/h3-7H,8-11H2,1-2H3. The summed E-state index contributed by atoms with van der Waals surface area (Å²) in [4.78, 5) is 9.08. The number of hydrogen-bond donors (Lipinski definition) is 0. The molecule has 0 N–H and O–H groups in total. The zero-order chi connectivity index (χ0) is 11.4. The molecule has 1 fully saturated rings. The van der Waals surface area contributed by atoms with Crippen molar-refractivity contribution in [1.29, 1.82) is 0 Å². The Hall–Kier alpha value is -1.51. The van der Waals surface area contributed by atoms with Gasteiger partial charge in [0.05, 0.1) is 0 Å². The van der Waals surface area contributed by atoms with Gasteiger partial charge in [-0.25, -0.2) is 0 Å². The quantitative estimate of drug-likeness (QED) is 0.763. The van der Waals surface area contributed by atoms with Crippen molar-refractivity contribution >= 4 is 5.96 Å². The van der Waals surface area contributed by atoms with Crippen molar-refractivity contribution < 1.29 is 0 Å². The van der Waals surface area contributed by atoms with Crippen molar-refractivity contribution in [2.24, 2.45) is 4.99 Å². The predicted molar refractivity (Wildman–Crippen MR) is 67.7 cm³/mol. The number of hydrogen-bond acceptors (Lipinski definition) is 1. The first-order chi connectivity index (χ1) is 7.77. The molecule has 1 aliphatic rings. The van der Waals surface area contributed by atoms with Crippen molar-refractivity contribution in [3.05, 3.63) is 35.9 Å². The Kier molecular flexibility index (Phi) is 3.44. The maximum atomic E-state index is 4.65. The van der Waals surface area contributed by atoms with E-state index in [-0.39, 0.29) is 0 Å². The molecule has 0 unspecified atom stereocenters. The molecule has 0 amide bonds. The molecule has 1 aliphatic heterocycles. The highest BCUT2D eigenvalue weighted by Gasteiger charge is 2.18. The van der Waals surface area contributed by atoms with Gasteiger partial charge in [-0.1, -0.05) is 30.3 Å². The molecule has 1 saturated heterocycles. The van der Waals surface area contributed by atoms with Crippen LogP contribution in [0.4, 0.5) is 0 Å². The van der Waals surface area contributed by atoms with Crippen LogP contribution in [-0.2, 0) is 6.42 Å². The van der Waals surface area contributed by atoms with Crippen LogP contribution in [0.5, 0.6) is 0 Å². The molecule has 86 valence electrons. The molecule has 0 aromatic heterocycles. The molecule has 0 bridgehead atoms. The van der Waals surface area contributed by atoms with Crippen LogP contribution in [0.2, 0.25) is 0 Å². The van der Waals surface area contributed by atoms with Gasteiger partial charge < -0.3 is 9.80 Å². The Morgan fingerprint density at radius 1 is 1.06 bits per heavy atom. The lowest BCUT2D eigenvalue weighted by molar-refractivity contribution is 0.553. The lowest BCUT2D eigenvalue weighted by Crippen LogP contribution is -2.28. The summed E-state index contributed by atoms with van der Waals surface area (Å²) in [7, 11) is 4.20. The third-order valence-corrected chi connectivity index (χ3v) is 2.95. The van der Waals surface area contributed by atoms with Crippen LogP contribution >= 0.6 is 0 Å². The first-order valence-electron chi connectivity index (χ1n) is 5.78. The number of aliphatic imine (C=N–C) groups is 1. The summed E-state index contributed by atoms with van der Waals surface area (Å²) in [6.07, 6.45) is 1.02. The summed E-state index contributed by atoms with van der Waals surface area (Å²) >= 11 is 0. The highest BCUT2D eigenvalue weighted by atomic mass is 15.4. The van der Waals surface area contributed by atoms with E-state index in [1.165, 1.54) is 5.56 Å². The first kappa shape index (κ1) is 11.0. The fourth-order valence-electron chi connectivity index (χ4n) is 1.96. The van der Waals surface area contributed by atoms with Crippen LogP contribution in [0.3, 0.4) is 0 Å². The van der Waals surface area contributed by atoms with Gasteiger partial charge in [0.15, 0.2) is 5.96 Å². The molecule has 1 heterocycles. The van der Waals surface area contributed by atoms with Gasteiger partial charge >= 0.3 is 0 Å². The van der Waals surface area contributed by atoms with E-state index in [9.17, 15) is 0 Å². The Morgan fingerprint density at radius 3 is 2.31 bits per heavy atom. The minimum Gasteiger partial charge on any atom is -0.344 e. The third kappa shape index (κ3) is 2.54. The molecule has 0 radical (unpaired) electrons. The summed E-state index contributed by atoms with van der Waals surface area (Å²) in [5.41, 5.74) is 1.36. The third-order valence-electron chi connectivity index (χ3n) is 2.95. The first-order valence-corrected chi connectivity index (χ1v) is 5.78. The average Bonchev–Trinajstić information content (AvgIpc) is 2.62. The van der Waals surface area contributed by atoms with E-state index in [1.807, 2.05) is 6.07 Å². The Labute approximate surface area is 97.4 Å². The summed E-state index contributed by atoms with van der Waals surface area (Å²) in [5, 5.41) is 0. The van der Waals surface area contributed by atoms with Crippen molar-refractivity contribution in [2.75, 3.05) is 33.7 Å². The van der Waals surface area contributed by atoms with Crippen LogP contribution in [0.15, 0.2) is 35.3 Å². The van der Waals surface area contributed by atoms with E-state index in [0.29, 0.717) is 0 Å². The van der Waals surface area contributed by atoms with E-state index >= 15 is 0 Å². The van der Waals surface area contributed by atoms with Crippen molar-refractivity contribution in [3.8, 4) is 0 Å². The molecule has 1 aromatic carbocycles. The molecule has 2 rings (SSSR count). The molecular formula is C13H19N3. The van der Waals surface area contributed by atoms with E-state index in [4.69, 9.17) is 0 Å². The lowest BCUT2D eigenvalue weighted by atomic mass is 10.2. The molecular weight excluding hydrogens is 198 g/mol. The number of guanidine groups is 1. The van der Waals surface area contributed by atoms with Crippen LogP contribution in [-0.4, -0.2) is 49.5 Å². The Balaban J connectivity index is 1.90. The largest absolute Gasteiger partial charge is 0.344 e. The normalized spacial score (nSPS) is 15.8. The SMILES string of the molecule is CN1CCN(C)C1=NCCc1ccccc1. The van der Waals surface area contributed by atoms with Gasteiger partial charge in [0.1, 0.15) is 0 Å². The van der Waals surface area contributed by atoms with Gasteiger partial charge in [-0.3, -0.25) is 4.99 Å². The highest BCUT2D eigenvalue weighted by molar-refractivity contribution is 5.81. The Morgan fingerprint density at radius 2 is 1.69 bits per heavy atom. The molecule has 0 saturated carbocycles. The smallest absolute Gasteiger partial charge is 0.196 e. The second kappa shape index (κ2) is 5.01. The number of benzene rings is 1. The average molecular weight is 217 g/mol. The molecule has 0 aliphatic carbocycles.